The lowest BCUT2D eigenvalue weighted by Gasteiger charge is -2.30. The Morgan fingerprint density at radius 2 is 2.26 bits per heavy atom. The fourth-order valence-corrected chi connectivity index (χ4v) is 3.22. The van der Waals surface area contributed by atoms with E-state index >= 15 is 0 Å². The lowest BCUT2D eigenvalue weighted by atomic mass is 10.1. The molecule has 2 heterocycles. The number of rotatable bonds is 2. The average molecular weight is 280 g/mol. The Kier molecular flexibility index (Phi) is 3.48. The fraction of sp³-hybridized carbons (Fsp3) is 0.500. The van der Waals surface area contributed by atoms with E-state index in [2.05, 4.69) is 17.3 Å². The van der Waals surface area contributed by atoms with Gasteiger partial charge < -0.3 is 9.80 Å². The van der Waals surface area contributed by atoms with Crippen molar-refractivity contribution in [1.82, 2.24) is 15.1 Å². The van der Waals surface area contributed by atoms with E-state index in [1.54, 1.807) is 0 Å². The Bertz CT molecular complexity index is 493. The second-order valence-corrected chi connectivity index (χ2v) is 5.78. The van der Waals surface area contributed by atoms with Gasteiger partial charge in [0.2, 0.25) is 5.91 Å². The maximum atomic E-state index is 12.1. The Balaban J connectivity index is 1.86. The van der Waals surface area contributed by atoms with Crippen LogP contribution in [0.1, 0.15) is 18.2 Å². The number of likely N-dealkylation sites (tertiary alicyclic amines) is 1. The zero-order valence-corrected chi connectivity index (χ0v) is 11.7. The Labute approximate surface area is 118 Å². The van der Waals surface area contributed by atoms with E-state index in [1.807, 2.05) is 29.2 Å². The standard InChI is InChI=1S/C14H18ClN3O/c1-17-6-5-12(9-17)18-13(19)8-16-14(18)10-3-2-4-11(15)7-10/h2-4,7,12,14,16H,5-6,8-9H2,1H3. The first-order valence-electron chi connectivity index (χ1n) is 6.64. The highest BCUT2D eigenvalue weighted by Gasteiger charge is 2.38. The molecule has 1 N–H and O–H groups in total. The van der Waals surface area contributed by atoms with Gasteiger partial charge in [0.25, 0.3) is 0 Å². The summed E-state index contributed by atoms with van der Waals surface area (Å²) in [4.78, 5) is 16.4. The molecular formula is C14H18ClN3O. The number of nitrogens with zero attached hydrogens (tertiary/aromatic N) is 2. The van der Waals surface area contributed by atoms with Gasteiger partial charge in [0.05, 0.1) is 6.54 Å². The van der Waals surface area contributed by atoms with E-state index in [-0.39, 0.29) is 12.1 Å². The molecule has 0 spiro atoms. The van der Waals surface area contributed by atoms with Crippen molar-refractivity contribution in [2.45, 2.75) is 18.6 Å². The van der Waals surface area contributed by atoms with Crippen LogP contribution >= 0.6 is 11.6 Å². The highest BCUT2D eigenvalue weighted by Crippen LogP contribution is 2.29. The molecule has 102 valence electrons. The van der Waals surface area contributed by atoms with Gasteiger partial charge >= 0.3 is 0 Å². The average Bonchev–Trinajstić information content (AvgIpc) is 2.95. The zero-order chi connectivity index (χ0) is 13.4. The molecule has 1 aromatic rings. The molecule has 0 saturated carbocycles. The molecule has 2 unspecified atom stereocenters. The largest absolute Gasteiger partial charge is 0.317 e. The van der Waals surface area contributed by atoms with Gasteiger partial charge in [0.1, 0.15) is 6.17 Å². The number of amides is 1. The summed E-state index contributed by atoms with van der Waals surface area (Å²) in [6, 6.07) is 8.05. The zero-order valence-electron chi connectivity index (χ0n) is 11.0. The van der Waals surface area contributed by atoms with Crippen LogP contribution in [0, 0.1) is 0 Å². The second kappa shape index (κ2) is 5.12. The van der Waals surface area contributed by atoms with Gasteiger partial charge in [-0.2, -0.15) is 0 Å². The lowest BCUT2D eigenvalue weighted by Crippen LogP contribution is -2.41. The summed E-state index contributed by atoms with van der Waals surface area (Å²) in [5.41, 5.74) is 1.06. The molecule has 5 heteroatoms. The number of hydrogen-bond acceptors (Lipinski definition) is 3. The molecule has 0 bridgehead atoms. The summed E-state index contributed by atoms with van der Waals surface area (Å²) >= 11 is 6.05. The van der Waals surface area contributed by atoms with Gasteiger partial charge in [-0.25, -0.2) is 0 Å². The normalized spacial score (nSPS) is 28.3. The molecule has 1 amide bonds. The minimum Gasteiger partial charge on any atom is -0.317 e. The predicted octanol–water partition coefficient (Wildman–Crippen LogP) is 1.47. The van der Waals surface area contributed by atoms with Gasteiger partial charge in [0, 0.05) is 17.6 Å². The SMILES string of the molecule is CN1CCC(N2C(=O)CNC2c2cccc(Cl)c2)C1. The molecule has 2 saturated heterocycles. The van der Waals surface area contributed by atoms with Crippen molar-refractivity contribution in [3.05, 3.63) is 34.9 Å². The van der Waals surface area contributed by atoms with E-state index < -0.39 is 0 Å². The summed E-state index contributed by atoms with van der Waals surface area (Å²) in [5, 5.41) is 4.00. The van der Waals surface area contributed by atoms with Crippen molar-refractivity contribution in [3.8, 4) is 0 Å². The van der Waals surface area contributed by atoms with E-state index in [0.29, 0.717) is 17.6 Å². The van der Waals surface area contributed by atoms with Gasteiger partial charge in [0.15, 0.2) is 0 Å². The summed E-state index contributed by atoms with van der Waals surface area (Å²) in [6.45, 7) is 2.42. The molecular weight excluding hydrogens is 262 g/mol. The van der Waals surface area contributed by atoms with Gasteiger partial charge in [-0.3, -0.25) is 10.1 Å². The number of benzene rings is 1. The quantitative estimate of drug-likeness (QED) is 0.891. The van der Waals surface area contributed by atoms with Crippen LogP contribution in [-0.2, 0) is 4.79 Å². The van der Waals surface area contributed by atoms with Gasteiger partial charge in [-0.1, -0.05) is 23.7 Å². The Morgan fingerprint density at radius 3 is 2.95 bits per heavy atom. The van der Waals surface area contributed by atoms with Crippen LogP contribution in [-0.4, -0.2) is 48.4 Å². The molecule has 2 aliphatic rings. The minimum absolute atomic E-state index is 0.0392. The van der Waals surface area contributed by atoms with Crippen molar-refractivity contribution in [2.75, 3.05) is 26.7 Å². The molecule has 4 nitrogen and oxygen atoms in total. The molecule has 2 aliphatic heterocycles. The first kappa shape index (κ1) is 12.9. The van der Waals surface area contributed by atoms with E-state index in [0.717, 1.165) is 25.1 Å². The molecule has 2 atom stereocenters. The molecule has 0 aliphatic carbocycles. The van der Waals surface area contributed by atoms with E-state index in [1.165, 1.54) is 0 Å². The number of carbonyl (C=O) groups is 1. The van der Waals surface area contributed by atoms with Crippen molar-refractivity contribution in [1.29, 1.82) is 0 Å². The maximum absolute atomic E-state index is 12.1. The van der Waals surface area contributed by atoms with Crippen molar-refractivity contribution < 1.29 is 4.79 Å². The van der Waals surface area contributed by atoms with Gasteiger partial charge in [-0.15, -0.1) is 0 Å². The summed E-state index contributed by atoms with van der Waals surface area (Å²) in [6.07, 6.45) is 1.00. The smallest absolute Gasteiger partial charge is 0.238 e. The number of nitrogens with one attached hydrogen (secondary N) is 1. The monoisotopic (exact) mass is 279 g/mol. The fourth-order valence-electron chi connectivity index (χ4n) is 3.03. The molecule has 2 fully saturated rings. The van der Waals surface area contributed by atoms with Crippen LogP contribution in [0.4, 0.5) is 0 Å². The topological polar surface area (TPSA) is 35.6 Å². The van der Waals surface area contributed by atoms with Crippen molar-refractivity contribution >= 4 is 17.5 Å². The highest BCUT2D eigenvalue weighted by molar-refractivity contribution is 6.30. The number of halogens is 1. The second-order valence-electron chi connectivity index (χ2n) is 5.34. The van der Waals surface area contributed by atoms with Crippen molar-refractivity contribution in [2.24, 2.45) is 0 Å². The number of likely N-dealkylation sites (N-methyl/N-ethyl adjacent to an activating group) is 1. The van der Waals surface area contributed by atoms with Gasteiger partial charge in [-0.05, 0) is 37.7 Å². The summed E-state index contributed by atoms with van der Waals surface area (Å²) in [5.74, 6) is 0.185. The lowest BCUT2D eigenvalue weighted by molar-refractivity contribution is -0.130. The summed E-state index contributed by atoms with van der Waals surface area (Å²) in [7, 11) is 2.10. The molecule has 19 heavy (non-hydrogen) atoms. The van der Waals surface area contributed by atoms with Crippen LogP contribution in [0.15, 0.2) is 24.3 Å². The third-order valence-electron chi connectivity index (χ3n) is 3.94. The van der Waals surface area contributed by atoms with Crippen LogP contribution in [0.25, 0.3) is 0 Å². The molecule has 3 rings (SSSR count). The Hall–Kier alpha value is -1.10. The molecule has 0 aromatic heterocycles. The van der Waals surface area contributed by atoms with Crippen LogP contribution < -0.4 is 5.32 Å². The maximum Gasteiger partial charge on any atom is 0.238 e. The number of hydrogen-bond donors (Lipinski definition) is 1. The molecule has 0 radical (unpaired) electrons. The third kappa shape index (κ3) is 2.48. The summed E-state index contributed by atoms with van der Waals surface area (Å²) < 4.78 is 0. The highest BCUT2D eigenvalue weighted by atomic mass is 35.5. The van der Waals surface area contributed by atoms with E-state index in [4.69, 9.17) is 11.6 Å². The van der Waals surface area contributed by atoms with Crippen LogP contribution in [0.5, 0.6) is 0 Å². The number of carbonyl (C=O) groups excluding carboxylic acids is 1. The minimum atomic E-state index is -0.0392. The first-order chi connectivity index (χ1) is 9.15. The molecule has 1 aromatic carbocycles. The third-order valence-corrected chi connectivity index (χ3v) is 4.17. The first-order valence-corrected chi connectivity index (χ1v) is 7.01. The van der Waals surface area contributed by atoms with Crippen LogP contribution in [0.2, 0.25) is 5.02 Å². The van der Waals surface area contributed by atoms with Crippen molar-refractivity contribution in [3.63, 3.8) is 0 Å². The Morgan fingerprint density at radius 1 is 1.42 bits per heavy atom. The predicted molar refractivity (Wildman–Crippen MR) is 74.9 cm³/mol. The van der Waals surface area contributed by atoms with E-state index in [9.17, 15) is 4.79 Å². The van der Waals surface area contributed by atoms with Crippen LogP contribution in [0.3, 0.4) is 0 Å².